The van der Waals surface area contributed by atoms with Crippen molar-refractivity contribution in [1.82, 2.24) is 24.9 Å². The third-order valence-corrected chi connectivity index (χ3v) is 27.8. The van der Waals surface area contributed by atoms with Crippen LogP contribution in [-0.4, -0.2) is 24.9 Å². The second-order valence-corrected chi connectivity index (χ2v) is 41.6. The molecular weight excluding hydrogens is 1810 g/mol. The first-order valence-corrected chi connectivity index (χ1v) is 51.8. The minimum atomic E-state index is -0.0644. The van der Waals surface area contributed by atoms with E-state index in [1.807, 2.05) is 0 Å². The molecule has 20 aromatic carbocycles. The molecule has 3 aromatic heterocycles. The van der Waals surface area contributed by atoms with Gasteiger partial charge in [-0.2, -0.15) is 0 Å². The Hall–Kier alpha value is -18.3. The number of benzene rings is 20. The topological polar surface area (TPSA) is 64.5 Å². The summed E-state index contributed by atoms with van der Waals surface area (Å²) in [6.07, 6.45) is 0. The number of pyridine rings is 1. The average molecular weight is 1930 g/mol. The number of aromatic nitrogens is 5. The first-order chi connectivity index (χ1) is 73.1. The van der Waals surface area contributed by atoms with E-state index in [1.54, 1.807) is 0 Å². The Bertz CT molecular complexity index is 7490. The van der Waals surface area contributed by atoms with Gasteiger partial charge >= 0.3 is 0 Å². The molecule has 0 bridgehead atoms. The minimum absolute atomic E-state index is 0.00208. The Morgan fingerprint density at radius 3 is 0.440 bits per heavy atom. The van der Waals surface area contributed by atoms with Crippen molar-refractivity contribution in [2.45, 2.75) is 78.6 Å². The van der Waals surface area contributed by atoms with Crippen molar-refractivity contribution in [1.29, 1.82) is 0 Å². The van der Waals surface area contributed by atoms with E-state index < -0.39 is 0 Å². The molecule has 5 heteroatoms. The number of nitrogens with zero attached hydrogens (tertiary/aromatic N) is 5. The van der Waals surface area contributed by atoms with E-state index in [0.29, 0.717) is 11.6 Å². The SMILES string of the molecule is CC(C)(C)c1cc(-c2cc(-c3ccccc3)cc(-c3ccccc3)c2)nc(-c2cc(-c3ccccc3)cc(-c3ccccc3)c2)c1.CC(C)(C)c1cccc(-c2cc(-c3cc(-c4ccccc4)cc(-c4ccccc4)c3)nc(-c3cc(-c4ccccc4)cc(-c4ccccc4)c3)n2)c1.CC(C)(C)c1cccc(-c2nc(-c3cc(-c4ccccc4)cc(-c4ccccc4)c3)cc(-c3cc(-c4ccccc4)cc(-c4ccccc4)c3)n2)c1. The summed E-state index contributed by atoms with van der Waals surface area (Å²) >= 11 is 0. The second-order valence-electron chi connectivity index (χ2n) is 41.6. The van der Waals surface area contributed by atoms with Crippen LogP contribution >= 0.6 is 0 Å². The van der Waals surface area contributed by atoms with Crippen LogP contribution in [0.15, 0.2) is 546 Å². The molecule has 3 heterocycles. The van der Waals surface area contributed by atoms with Gasteiger partial charge in [-0.1, -0.05) is 463 Å². The van der Waals surface area contributed by atoms with Crippen molar-refractivity contribution in [3.63, 3.8) is 0 Å². The molecule has 0 atom stereocenters. The van der Waals surface area contributed by atoms with Gasteiger partial charge in [-0.05, 0) is 312 Å². The van der Waals surface area contributed by atoms with Gasteiger partial charge in [0.15, 0.2) is 11.6 Å². The van der Waals surface area contributed by atoms with Crippen LogP contribution in [0.4, 0.5) is 0 Å². The van der Waals surface area contributed by atoms with Crippen LogP contribution in [0.5, 0.6) is 0 Å². The van der Waals surface area contributed by atoms with Crippen LogP contribution < -0.4 is 0 Å². The molecule has 23 rings (SSSR count). The zero-order chi connectivity index (χ0) is 103. The Kier molecular flexibility index (Phi) is 28.6. The fourth-order valence-corrected chi connectivity index (χ4v) is 19.5. The van der Waals surface area contributed by atoms with E-state index in [4.69, 9.17) is 24.9 Å². The Balaban J connectivity index is 0.000000132. The number of hydrogen-bond acceptors (Lipinski definition) is 5. The Morgan fingerprint density at radius 2 is 0.247 bits per heavy atom. The summed E-state index contributed by atoms with van der Waals surface area (Å²) in [5.41, 5.74) is 45.4. The molecule has 0 aliphatic carbocycles. The quantitative estimate of drug-likeness (QED) is 0.0761. The molecule has 0 aliphatic rings. The zero-order valence-electron chi connectivity index (χ0n) is 86.2. The lowest BCUT2D eigenvalue weighted by Crippen LogP contribution is -2.12. The standard InChI is InChI=1S/2C50H40N2.C45H37N/c1-50(2,3)46-26-16-25-39(33-46)49-51-47(44-29-40(35-17-8-4-9-18-35)27-41(30-44)36-19-10-5-11-20-36)34-48(52-49)45-31-42(37-21-12-6-13-22-37)28-43(32-45)38-23-14-7-15-24-38;1-50(2,3)46-26-16-25-39(33-46)47-34-48(44-29-40(35-17-8-4-9-18-35)27-41(30-44)36-19-10-5-11-20-36)52-49(51-47)45-31-42(37-21-12-6-13-22-37)28-43(32-45)38-23-14-7-15-24-38;1-45(2,3)42-30-43(40-26-36(32-16-8-4-9-17-32)24-37(27-40)33-18-10-5-11-19-33)46-44(31-42)41-28-38(34-20-12-6-13-21-34)25-39(29-41)35-22-14-7-15-23-35/h2*4-34H,1-3H3;4-31H,1-3H3. The van der Waals surface area contributed by atoms with Gasteiger partial charge < -0.3 is 0 Å². The normalized spacial score (nSPS) is 11.4. The summed E-state index contributed by atoms with van der Waals surface area (Å²) in [5.74, 6) is 1.39. The molecule has 0 spiro atoms. The van der Waals surface area contributed by atoms with E-state index in [1.165, 1.54) is 61.2 Å². The van der Waals surface area contributed by atoms with Crippen molar-refractivity contribution in [2.75, 3.05) is 0 Å². The maximum Gasteiger partial charge on any atom is 0.160 e. The second kappa shape index (κ2) is 43.9. The third-order valence-electron chi connectivity index (χ3n) is 27.8. The van der Waals surface area contributed by atoms with E-state index in [-0.39, 0.29) is 16.2 Å². The lowest BCUT2D eigenvalue weighted by Gasteiger charge is -2.22. The molecule has 23 aromatic rings. The van der Waals surface area contributed by atoms with Crippen molar-refractivity contribution in [3.05, 3.63) is 563 Å². The van der Waals surface area contributed by atoms with Gasteiger partial charge in [-0.3, -0.25) is 0 Å². The first kappa shape index (κ1) is 97.8. The van der Waals surface area contributed by atoms with Crippen molar-refractivity contribution >= 4 is 0 Å². The van der Waals surface area contributed by atoms with Crippen LogP contribution in [-0.2, 0) is 16.2 Å². The van der Waals surface area contributed by atoms with Crippen LogP contribution in [0.1, 0.15) is 79.0 Å². The van der Waals surface area contributed by atoms with Crippen LogP contribution in [0.25, 0.3) is 224 Å². The van der Waals surface area contributed by atoms with Gasteiger partial charge in [0.05, 0.1) is 34.2 Å². The summed E-state index contributed by atoms with van der Waals surface area (Å²) in [4.78, 5) is 26.9. The zero-order valence-corrected chi connectivity index (χ0v) is 86.2. The summed E-state index contributed by atoms with van der Waals surface area (Å²) in [5, 5.41) is 0. The highest BCUT2D eigenvalue weighted by atomic mass is 14.9. The van der Waals surface area contributed by atoms with Gasteiger partial charge in [-0.15, -0.1) is 0 Å². The largest absolute Gasteiger partial charge is 0.248 e. The highest BCUT2D eigenvalue weighted by Crippen LogP contribution is 2.45. The van der Waals surface area contributed by atoms with Gasteiger partial charge in [0.2, 0.25) is 0 Å². The fourth-order valence-electron chi connectivity index (χ4n) is 19.5. The monoisotopic (exact) mass is 1930 g/mol. The Morgan fingerprint density at radius 1 is 0.100 bits per heavy atom. The molecule has 0 aliphatic heterocycles. The van der Waals surface area contributed by atoms with Crippen LogP contribution in [0.3, 0.4) is 0 Å². The van der Waals surface area contributed by atoms with Gasteiger partial charge in [-0.25, -0.2) is 24.9 Å². The van der Waals surface area contributed by atoms with E-state index in [0.717, 1.165) is 168 Å². The van der Waals surface area contributed by atoms with E-state index >= 15 is 0 Å². The molecule has 0 fully saturated rings. The number of hydrogen-bond donors (Lipinski definition) is 0. The third kappa shape index (κ3) is 23.3. The maximum atomic E-state index is 5.43. The maximum absolute atomic E-state index is 5.43. The smallest absolute Gasteiger partial charge is 0.160 e. The van der Waals surface area contributed by atoms with E-state index in [9.17, 15) is 0 Å². The summed E-state index contributed by atoms with van der Waals surface area (Å²) < 4.78 is 0. The molecule has 0 unspecified atom stereocenters. The molecule has 0 radical (unpaired) electrons. The lowest BCUT2D eigenvalue weighted by atomic mass is 9.85. The predicted octanol–water partition coefficient (Wildman–Crippen LogP) is 39.3. The Labute approximate surface area is 883 Å². The summed E-state index contributed by atoms with van der Waals surface area (Å²) in [7, 11) is 0. The molecule has 0 saturated carbocycles. The molecule has 150 heavy (non-hydrogen) atoms. The van der Waals surface area contributed by atoms with Gasteiger partial charge in [0.1, 0.15) is 0 Å². The van der Waals surface area contributed by atoms with E-state index in [2.05, 4.69) is 608 Å². The van der Waals surface area contributed by atoms with Gasteiger partial charge in [0.25, 0.3) is 0 Å². The molecule has 0 saturated heterocycles. The lowest BCUT2D eigenvalue weighted by molar-refractivity contribution is 0.590. The summed E-state index contributed by atoms with van der Waals surface area (Å²) in [6, 6.07) is 194. The highest BCUT2D eigenvalue weighted by molar-refractivity contribution is 5.90. The fraction of sp³-hybridized carbons (Fsp3) is 0.0828. The van der Waals surface area contributed by atoms with Crippen molar-refractivity contribution < 1.29 is 0 Å². The molecule has 0 N–H and O–H groups in total. The van der Waals surface area contributed by atoms with Crippen LogP contribution in [0.2, 0.25) is 0 Å². The predicted molar refractivity (Wildman–Crippen MR) is 633 cm³/mol. The summed E-state index contributed by atoms with van der Waals surface area (Å²) in [6.45, 7) is 20.3. The number of rotatable bonds is 20. The highest BCUT2D eigenvalue weighted by Gasteiger charge is 2.25. The van der Waals surface area contributed by atoms with Gasteiger partial charge in [0, 0.05) is 44.5 Å². The van der Waals surface area contributed by atoms with Crippen molar-refractivity contribution in [3.8, 4) is 224 Å². The first-order valence-electron chi connectivity index (χ1n) is 51.8. The molecule has 0 amide bonds. The average Bonchev–Trinajstić information content (AvgIpc) is 0.778. The molecular formula is C145H117N5. The minimum Gasteiger partial charge on any atom is -0.248 e. The molecule has 722 valence electrons. The van der Waals surface area contributed by atoms with Crippen molar-refractivity contribution in [2.24, 2.45) is 0 Å². The molecule has 5 nitrogen and oxygen atoms in total. The van der Waals surface area contributed by atoms with Crippen LogP contribution in [0, 0.1) is 0 Å².